The molecule has 1 aromatic heterocycles. The van der Waals surface area contributed by atoms with Crippen LogP contribution in [0, 0.1) is 23.2 Å². The molecule has 0 aromatic carbocycles. The second kappa shape index (κ2) is 9.03. The highest BCUT2D eigenvalue weighted by Crippen LogP contribution is 2.60. The van der Waals surface area contributed by atoms with Gasteiger partial charge in [-0.1, -0.05) is 0 Å². The Hall–Kier alpha value is -1.51. The standard InChI is InChI=1S/C24H36N4O3S/c1-15-11-28(12-16(2)31-15)13-20-14-32-23(26-20)27-21(29)3-4-25-22(30)24-8-17-5-18(9-24)7-19(6-17)10-24/h14-19H,3-13H2,1-2H3,(H,25,30)(H,26,27,29). The van der Waals surface area contributed by atoms with Crippen LogP contribution in [0.15, 0.2) is 5.38 Å². The van der Waals surface area contributed by atoms with E-state index in [1.807, 2.05) is 5.38 Å². The van der Waals surface area contributed by atoms with E-state index in [0.717, 1.165) is 62.3 Å². The van der Waals surface area contributed by atoms with E-state index in [1.54, 1.807) is 0 Å². The van der Waals surface area contributed by atoms with Crippen LogP contribution in [0.5, 0.6) is 0 Å². The molecule has 2 amide bonds. The SMILES string of the molecule is CC1CN(Cc2csc(NC(=O)CCNC(=O)C34CC5CC(CC(C5)C3)C4)n2)CC(C)O1. The summed E-state index contributed by atoms with van der Waals surface area (Å²) in [5.41, 5.74) is 0.825. The molecule has 4 bridgehead atoms. The molecule has 176 valence electrons. The van der Waals surface area contributed by atoms with E-state index in [-0.39, 0.29) is 35.9 Å². The summed E-state index contributed by atoms with van der Waals surface area (Å²) in [7, 11) is 0. The van der Waals surface area contributed by atoms with Gasteiger partial charge in [-0.3, -0.25) is 14.5 Å². The van der Waals surface area contributed by atoms with Gasteiger partial charge in [-0.2, -0.15) is 0 Å². The molecule has 4 aliphatic carbocycles. The van der Waals surface area contributed by atoms with Crippen LogP contribution < -0.4 is 10.6 Å². The van der Waals surface area contributed by atoms with Crippen molar-refractivity contribution in [3.05, 3.63) is 11.1 Å². The van der Waals surface area contributed by atoms with Crippen LogP contribution in [0.4, 0.5) is 5.13 Å². The van der Waals surface area contributed by atoms with Gasteiger partial charge in [-0.15, -0.1) is 11.3 Å². The van der Waals surface area contributed by atoms with Crippen molar-refractivity contribution in [3.8, 4) is 0 Å². The van der Waals surface area contributed by atoms with Crippen molar-refractivity contribution in [1.82, 2.24) is 15.2 Å². The smallest absolute Gasteiger partial charge is 0.227 e. The highest BCUT2D eigenvalue weighted by atomic mass is 32.1. The summed E-state index contributed by atoms with van der Waals surface area (Å²) in [6.45, 7) is 7.15. The summed E-state index contributed by atoms with van der Waals surface area (Å²) in [4.78, 5) is 32.3. The number of ether oxygens (including phenoxy) is 1. The predicted octanol–water partition coefficient (Wildman–Crippen LogP) is 3.41. The van der Waals surface area contributed by atoms with Crippen molar-refractivity contribution in [1.29, 1.82) is 0 Å². The van der Waals surface area contributed by atoms with Crippen LogP contribution >= 0.6 is 11.3 Å². The minimum Gasteiger partial charge on any atom is -0.373 e. The van der Waals surface area contributed by atoms with Gasteiger partial charge in [0.2, 0.25) is 11.8 Å². The molecule has 7 nitrogen and oxygen atoms in total. The van der Waals surface area contributed by atoms with Crippen molar-refractivity contribution in [3.63, 3.8) is 0 Å². The molecule has 1 aromatic rings. The highest BCUT2D eigenvalue weighted by molar-refractivity contribution is 7.13. The minimum atomic E-state index is -0.149. The van der Waals surface area contributed by atoms with E-state index in [0.29, 0.717) is 11.7 Å². The summed E-state index contributed by atoms with van der Waals surface area (Å²) in [6, 6.07) is 0. The zero-order valence-corrected chi connectivity index (χ0v) is 20.1. The maximum absolute atomic E-state index is 13.0. The van der Waals surface area contributed by atoms with E-state index in [2.05, 4.69) is 34.4 Å². The molecule has 5 fully saturated rings. The number of amides is 2. The fourth-order valence-corrected chi connectivity index (χ4v) is 7.84. The lowest BCUT2D eigenvalue weighted by Crippen LogP contribution is -2.53. The van der Waals surface area contributed by atoms with Crippen molar-refractivity contribution < 1.29 is 14.3 Å². The fourth-order valence-electron chi connectivity index (χ4n) is 7.13. The Labute approximate surface area is 194 Å². The fraction of sp³-hybridized carbons (Fsp3) is 0.792. The molecule has 1 saturated heterocycles. The first-order valence-corrected chi connectivity index (χ1v) is 13.2. The van der Waals surface area contributed by atoms with Gasteiger partial charge in [0.05, 0.1) is 17.9 Å². The van der Waals surface area contributed by atoms with Crippen LogP contribution in [0.25, 0.3) is 0 Å². The van der Waals surface area contributed by atoms with Crippen LogP contribution in [0.3, 0.4) is 0 Å². The van der Waals surface area contributed by atoms with E-state index in [1.165, 1.54) is 30.6 Å². The number of hydrogen-bond donors (Lipinski definition) is 2. The molecular formula is C24H36N4O3S. The van der Waals surface area contributed by atoms with Crippen molar-refractivity contribution in [2.24, 2.45) is 23.2 Å². The summed E-state index contributed by atoms with van der Waals surface area (Å²) in [6.07, 6.45) is 7.89. The number of thiazole rings is 1. The van der Waals surface area contributed by atoms with Crippen molar-refractivity contribution >= 4 is 28.3 Å². The van der Waals surface area contributed by atoms with Gasteiger partial charge < -0.3 is 15.4 Å². The van der Waals surface area contributed by atoms with Crippen molar-refractivity contribution in [2.45, 2.75) is 77.5 Å². The monoisotopic (exact) mass is 460 g/mol. The normalized spacial score (nSPS) is 36.2. The molecule has 2 atom stereocenters. The zero-order valence-electron chi connectivity index (χ0n) is 19.3. The van der Waals surface area contributed by atoms with Crippen LogP contribution in [-0.4, -0.2) is 53.5 Å². The molecule has 8 heteroatoms. The quantitative estimate of drug-likeness (QED) is 0.652. The van der Waals surface area contributed by atoms with E-state index in [9.17, 15) is 9.59 Å². The predicted molar refractivity (Wildman–Crippen MR) is 124 cm³/mol. The average molecular weight is 461 g/mol. The van der Waals surface area contributed by atoms with Crippen molar-refractivity contribution in [2.75, 3.05) is 25.0 Å². The molecule has 0 spiro atoms. The first kappa shape index (κ1) is 22.3. The Morgan fingerprint density at radius 1 is 1.12 bits per heavy atom. The average Bonchev–Trinajstić information content (AvgIpc) is 3.12. The Kier molecular flexibility index (Phi) is 6.29. The molecule has 2 heterocycles. The summed E-state index contributed by atoms with van der Waals surface area (Å²) in [5, 5.41) is 8.63. The van der Waals surface area contributed by atoms with E-state index < -0.39 is 0 Å². The first-order valence-electron chi connectivity index (χ1n) is 12.3. The van der Waals surface area contributed by atoms with Gasteiger partial charge in [-0.05, 0) is 70.1 Å². The number of nitrogens with one attached hydrogen (secondary N) is 2. The second-order valence-corrected chi connectivity index (χ2v) is 11.7. The molecule has 2 unspecified atom stereocenters. The molecule has 4 saturated carbocycles. The molecule has 32 heavy (non-hydrogen) atoms. The second-order valence-electron chi connectivity index (χ2n) is 10.8. The summed E-state index contributed by atoms with van der Waals surface area (Å²) in [5.74, 6) is 2.34. The number of anilines is 1. The number of carbonyl (C=O) groups is 2. The number of carbonyl (C=O) groups excluding carboxylic acids is 2. The summed E-state index contributed by atoms with van der Waals surface area (Å²) >= 11 is 1.46. The largest absolute Gasteiger partial charge is 0.373 e. The maximum atomic E-state index is 13.0. The first-order chi connectivity index (χ1) is 15.4. The number of hydrogen-bond acceptors (Lipinski definition) is 6. The van der Waals surface area contributed by atoms with Gasteiger partial charge in [0, 0.05) is 43.4 Å². The zero-order chi connectivity index (χ0) is 22.3. The molecule has 5 aliphatic rings. The number of rotatable bonds is 7. The lowest BCUT2D eigenvalue weighted by Gasteiger charge is -2.55. The van der Waals surface area contributed by atoms with E-state index >= 15 is 0 Å². The van der Waals surface area contributed by atoms with Gasteiger partial charge in [-0.25, -0.2) is 4.98 Å². The Bertz CT molecular complexity index is 811. The van der Waals surface area contributed by atoms with Gasteiger partial charge in [0.15, 0.2) is 5.13 Å². The molecule has 1 aliphatic heterocycles. The third kappa shape index (κ3) is 4.87. The van der Waals surface area contributed by atoms with E-state index in [4.69, 9.17) is 4.74 Å². The Morgan fingerprint density at radius 2 is 1.75 bits per heavy atom. The highest BCUT2D eigenvalue weighted by Gasteiger charge is 2.54. The number of aromatic nitrogens is 1. The third-order valence-electron chi connectivity index (χ3n) is 7.84. The van der Waals surface area contributed by atoms with Gasteiger partial charge in [0.25, 0.3) is 0 Å². The number of nitrogens with zero attached hydrogens (tertiary/aromatic N) is 2. The Balaban J connectivity index is 1.06. The van der Waals surface area contributed by atoms with Crippen LogP contribution in [0.1, 0.15) is 64.5 Å². The molecule has 6 rings (SSSR count). The summed E-state index contributed by atoms with van der Waals surface area (Å²) < 4.78 is 5.79. The van der Waals surface area contributed by atoms with Crippen LogP contribution in [0.2, 0.25) is 0 Å². The molecule has 0 radical (unpaired) electrons. The Morgan fingerprint density at radius 3 is 2.38 bits per heavy atom. The van der Waals surface area contributed by atoms with Gasteiger partial charge >= 0.3 is 0 Å². The molecular weight excluding hydrogens is 424 g/mol. The third-order valence-corrected chi connectivity index (χ3v) is 8.64. The van der Waals surface area contributed by atoms with Gasteiger partial charge in [0.1, 0.15) is 0 Å². The maximum Gasteiger partial charge on any atom is 0.227 e. The van der Waals surface area contributed by atoms with Crippen LogP contribution in [-0.2, 0) is 20.9 Å². The topological polar surface area (TPSA) is 83.6 Å². The number of morpholine rings is 1. The minimum absolute atomic E-state index is 0.0923. The lowest BCUT2D eigenvalue weighted by atomic mass is 9.49. The molecule has 2 N–H and O–H groups in total. The lowest BCUT2D eigenvalue weighted by molar-refractivity contribution is -0.146.